The highest BCUT2D eigenvalue weighted by molar-refractivity contribution is 5.95. The zero-order valence-corrected chi connectivity index (χ0v) is 12.1. The molecule has 0 spiro atoms. The summed E-state index contributed by atoms with van der Waals surface area (Å²) < 4.78 is 1.92. The Kier molecular flexibility index (Phi) is 4.93. The first kappa shape index (κ1) is 15.0. The molecule has 0 saturated carbocycles. The maximum absolute atomic E-state index is 11.8. The summed E-state index contributed by atoms with van der Waals surface area (Å²) in [5.74, 6) is -0.691. The van der Waals surface area contributed by atoms with Gasteiger partial charge in [-0.15, -0.1) is 0 Å². The SMILES string of the molecule is CCCC(=O)c1ccn(Cc2ccccc2CC(=O)O)c1. The van der Waals surface area contributed by atoms with Gasteiger partial charge in [0.2, 0.25) is 0 Å². The number of nitrogens with zero attached hydrogens (tertiary/aromatic N) is 1. The minimum absolute atomic E-state index is 0.0130. The minimum Gasteiger partial charge on any atom is -0.481 e. The van der Waals surface area contributed by atoms with E-state index in [1.807, 2.05) is 54.2 Å². The van der Waals surface area contributed by atoms with E-state index in [2.05, 4.69) is 0 Å². The van der Waals surface area contributed by atoms with Gasteiger partial charge in [-0.2, -0.15) is 0 Å². The van der Waals surface area contributed by atoms with Crippen LogP contribution in [0.1, 0.15) is 41.3 Å². The number of ketones is 1. The molecule has 21 heavy (non-hydrogen) atoms. The van der Waals surface area contributed by atoms with Gasteiger partial charge in [-0.3, -0.25) is 9.59 Å². The van der Waals surface area contributed by atoms with Crippen molar-refractivity contribution >= 4 is 11.8 Å². The number of carbonyl (C=O) groups excluding carboxylic acids is 1. The number of carboxylic acids is 1. The van der Waals surface area contributed by atoms with Crippen LogP contribution in [0, 0.1) is 0 Å². The largest absolute Gasteiger partial charge is 0.481 e. The quantitative estimate of drug-likeness (QED) is 0.795. The third kappa shape index (κ3) is 4.05. The first-order chi connectivity index (χ1) is 10.1. The van der Waals surface area contributed by atoms with Crippen LogP contribution in [-0.2, 0) is 17.8 Å². The highest BCUT2D eigenvalue weighted by Gasteiger charge is 2.09. The van der Waals surface area contributed by atoms with E-state index < -0.39 is 5.97 Å². The molecule has 4 heteroatoms. The van der Waals surface area contributed by atoms with Gasteiger partial charge in [0.15, 0.2) is 5.78 Å². The van der Waals surface area contributed by atoms with Crippen molar-refractivity contribution in [3.63, 3.8) is 0 Å². The lowest BCUT2D eigenvalue weighted by Gasteiger charge is -2.08. The van der Waals surface area contributed by atoms with Crippen molar-refractivity contribution in [1.29, 1.82) is 0 Å². The monoisotopic (exact) mass is 285 g/mol. The number of hydrogen-bond acceptors (Lipinski definition) is 2. The Balaban J connectivity index is 2.15. The summed E-state index contributed by atoms with van der Waals surface area (Å²) in [4.78, 5) is 22.7. The zero-order valence-electron chi connectivity index (χ0n) is 12.1. The molecule has 0 aliphatic rings. The van der Waals surface area contributed by atoms with Crippen LogP contribution >= 0.6 is 0 Å². The summed E-state index contributed by atoms with van der Waals surface area (Å²) in [6.45, 7) is 2.56. The number of carboxylic acid groups (broad SMARTS) is 1. The van der Waals surface area contributed by atoms with Crippen molar-refractivity contribution in [2.45, 2.75) is 32.7 Å². The molecule has 4 nitrogen and oxygen atoms in total. The van der Waals surface area contributed by atoms with Gasteiger partial charge in [0.25, 0.3) is 0 Å². The summed E-state index contributed by atoms with van der Waals surface area (Å²) in [6, 6.07) is 9.31. The molecule has 1 aromatic carbocycles. The van der Waals surface area contributed by atoms with E-state index in [9.17, 15) is 9.59 Å². The second-order valence-corrected chi connectivity index (χ2v) is 5.08. The smallest absolute Gasteiger partial charge is 0.307 e. The molecule has 0 fully saturated rings. The van der Waals surface area contributed by atoms with Crippen LogP contribution in [0.15, 0.2) is 42.7 Å². The molecule has 2 aromatic rings. The van der Waals surface area contributed by atoms with Crippen LogP contribution < -0.4 is 0 Å². The molecule has 0 unspecified atom stereocenters. The molecule has 0 saturated heterocycles. The summed E-state index contributed by atoms with van der Waals surface area (Å²) in [6.07, 6.45) is 5.10. The Bertz CT molecular complexity index is 643. The lowest BCUT2D eigenvalue weighted by Crippen LogP contribution is -2.06. The van der Waals surface area contributed by atoms with Crippen LogP contribution in [0.5, 0.6) is 0 Å². The van der Waals surface area contributed by atoms with Crippen molar-refractivity contribution in [3.8, 4) is 0 Å². The van der Waals surface area contributed by atoms with Crippen molar-refractivity contribution in [2.75, 3.05) is 0 Å². The van der Waals surface area contributed by atoms with E-state index in [0.29, 0.717) is 18.5 Å². The molecule has 1 N–H and O–H groups in total. The topological polar surface area (TPSA) is 59.3 Å². The zero-order chi connectivity index (χ0) is 15.2. The van der Waals surface area contributed by atoms with Gasteiger partial charge in [-0.05, 0) is 23.6 Å². The second-order valence-electron chi connectivity index (χ2n) is 5.08. The molecule has 0 radical (unpaired) electrons. The number of aromatic nitrogens is 1. The maximum atomic E-state index is 11.8. The average Bonchev–Trinajstić information content (AvgIpc) is 2.89. The Morgan fingerprint density at radius 2 is 1.86 bits per heavy atom. The van der Waals surface area contributed by atoms with Crippen molar-refractivity contribution in [1.82, 2.24) is 4.57 Å². The van der Waals surface area contributed by atoms with E-state index in [1.165, 1.54) is 0 Å². The maximum Gasteiger partial charge on any atom is 0.307 e. The molecule has 2 rings (SSSR count). The third-order valence-corrected chi connectivity index (χ3v) is 3.36. The number of rotatable bonds is 7. The third-order valence-electron chi connectivity index (χ3n) is 3.36. The highest BCUT2D eigenvalue weighted by Crippen LogP contribution is 2.14. The fourth-order valence-corrected chi connectivity index (χ4v) is 2.32. The second kappa shape index (κ2) is 6.88. The summed E-state index contributed by atoms with van der Waals surface area (Å²) >= 11 is 0. The summed E-state index contributed by atoms with van der Waals surface area (Å²) in [5, 5.41) is 8.94. The number of benzene rings is 1. The molecule has 0 aliphatic carbocycles. The minimum atomic E-state index is -0.839. The number of aliphatic carboxylic acids is 1. The fourth-order valence-electron chi connectivity index (χ4n) is 2.32. The standard InChI is InChI=1S/C17H19NO3/c1-2-5-16(19)15-8-9-18(12-15)11-14-7-4-3-6-13(14)10-17(20)21/h3-4,6-9,12H,2,5,10-11H2,1H3,(H,20,21). The van der Waals surface area contributed by atoms with Crippen LogP contribution in [-0.4, -0.2) is 21.4 Å². The van der Waals surface area contributed by atoms with Crippen LogP contribution in [0.2, 0.25) is 0 Å². The van der Waals surface area contributed by atoms with Gasteiger partial charge in [-0.1, -0.05) is 31.2 Å². The Morgan fingerprint density at radius 3 is 2.52 bits per heavy atom. The molecule has 1 aromatic heterocycles. The van der Waals surface area contributed by atoms with Crippen molar-refractivity contribution in [2.24, 2.45) is 0 Å². The van der Waals surface area contributed by atoms with Gasteiger partial charge < -0.3 is 9.67 Å². The highest BCUT2D eigenvalue weighted by atomic mass is 16.4. The fraction of sp³-hybridized carbons (Fsp3) is 0.294. The normalized spacial score (nSPS) is 10.5. The molecular formula is C17H19NO3. The van der Waals surface area contributed by atoms with E-state index in [4.69, 9.17) is 5.11 Å². The first-order valence-corrected chi connectivity index (χ1v) is 7.07. The molecular weight excluding hydrogens is 266 g/mol. The Hall–Kier alpha value is -2.36. The molecule has 1 heterocycles. The van der Waals surface area contributed by atoms with Crippen molar-refractivity contribution < 1.29 is 14.7 Å². The van der Waals surface area contributed by atoms with Gasteiger partial charge in [0.05, 0.1) is 6.42 Å². The lowest BCUT2D eigenvalue weighted by molar-refractivity contribution is -0.136. The molecule has 0 atom stereocenters. The Labute approximate surface area is 124 Å². The van der Waals surface area contributed by atoms with Gasteiger partial charge in [-0.25, -0.2) is 0 Å². The van der Waals surface area contributed by atoms with E-state index in [0.717, 1.165) is 17.5 Å². The summed E-state index contributed by atoms with van der Waals surface area (Å²) in [5.41, 5.74) is 2.48. The molecule has 0 bridgehead atoms. The van der Waals surface area contributed by atoms with E-state index >= 15 is 0 Å². The number of hydrogen-bond donors (Lipinski definition) is 1. The lowest BCUT2D eigenvalue weighted by atomic mass is 10.0. The van der Waals surface area contributed by atoms with E-state index in [1.54, 1.807) is 0 Å². The van der Waals surface area contributed by atoms with Gasteiger partial charge in [0.1, 0.15) is 0 Å². The number of Topliss-reactive ketones (excluding diaryl/α,β-unsaturated/α-hetero) is 1. The predicted molar refractivity (Wildman–Crippen MR) is 80.6 cm³/mol. The van der Waals surface area contributed by atoms with Gasteiger partial charge in [0, 0.05) is 30.9 Å². The average molecular weight is 285 g/mol. The molecule has 0 amide bonds. The Morgan fingerprint density at radius 1 is 1.14 bits per heavy atom. The van der Waals surface area contributed by atoms with Crippen LogP contribution in [0.25, 0.3) is 0 Å². The molecule has 110 valence electrons. The first-order valence-electron chi connectivity index (χ1n) is 7.07. The number of carbonyl (C=O) groups is 2. The predicted octanol–water partition coefficient (Wildman–Crippen LogP) is 3.15. The van der Waals surface area contributed by atoms with Crippen molar-refractivity contribution in [3.05, 3.63) is 59.4 Å². The van der Waals surface area contributed by atoms with Crippen LogP contribution in [0.4, 0.5) is 0 Å². The van der Waals surface area contributed by atoms with Gasteiger partial charge >= 0.3 is 5.97 Å². The molecule has 0 aliphatic heterocycles. The van der Waals surface area contributed by atoms with Crippen LogP contribution in [0.3, 0.4) is 0 Å². The van der Waals surface area contributed by atoms with E-state index in [-0.39, 0.29) is 12.2 Å². The summed E-state index contributed by atoms with van der Waals surface area (Å²) in [7, 11) is 0.